The van der Waals surface area contributed by atoms with Crippen LogP contribution in [0.4, 0.5) is 0 Å². The Kier molecular flexibility index (Phi) is 7.29. The molecule has 5 heteroatoms. The topological polar surface area (TPSA) is 36.4 Å². The van der Waals surface area contributed by atoms with Crippen LogP contribution in [0.2, 0.25) is 5.02 Å². The molecule has 1 aliphatic carbocycles. The number of amides is 1. The summed E-state index contributed by atoms with van der Waals surface area (Å²) in [5.74, 6) is 0.541. The van der Waals surface area contributed by atoms with Crippen LogP contribution in [0.1, 0.15) is 68.0 Å². The molecule has 1 atom stereocenters. The number of hydrogen-bond donors (Lipinski definition) is 0. The van der Waals surface area contributed by atoms with Crippen molar-refractivity contribution < 1.29 is 4.79 Å². The molecule has 0 saturated carbocycles. The van der Waals surface area contributed by atoms with E-state index in [2.05, 4.69) is 41.8 Å². The molecule has 1 unspecified atom stereocenters. The third-order valence-electron chi connectivity index (χ3n) is 6.86. The van der Waals surface area contributed by atoms with Crippen LogP contribution in [0.3, 0.4) is 0 Å². The molecule has 0 spiro atoms. The van der Waals surface area contributed by atoms with Crippen molar-refractivity contribution in [1.29, 1.82) is 0 Å². The summed E-state index contributed by atoms with van der Waals surface area (Å²) < 4.78 is 0. The van der Waals surface area contributed by atoms with E-state index in [9.17, 15) is 4.79 Å². The maximum absolute atomic E-state index is 13.1. The average molecular weight is 440 g/mol. The van der Waals surface area contributed by atoms with E-state index in [0.29, 0.717) is 5.91 Å². The average Bonchev–Trinajstić information content (AvgIpc) is 2.95. The molecule has 2 aliphatic rings. The smallest absolute Gasteiger partial charge is 0.225 e. The Bertz CT molecular complexity index is 901. The molecule has 2 aromatic rings. The van der Waals surface area contributed by atoms with Gasteiger partial charge in [-0.05, 0) is 60.6 Å². The molecule has 2 heterocycles. The van der Waals surface area contributed by atoms with Gasteiger partial charge in [-0.25, -0.2) is 0 Å². The van der Waals surface area contributed by atoms with E-state index in [-0.39, 0.29) is 12.0 Å². The molecule has 0 N–H and O–H groups in total. The first-order valence-corrected chi connectivity index (χ1v) is 12.2. The second-order valence-electron chi connectivity index (χ2n) is 8.93. The van der Waals surface area contributed by atoms with Crippen molar-refractivity contribution in [3.05, 3.63) is 63.9 Å². The third-order valence-corrected chi connectivity index (χ3v) is 7.10. The Balaban J connectivity index is 1.56. The first-order chi connectivity index (χ1) is 15.1. The van der Waals surface area contributed by atoms with Gasteiger partial charge < -0.3 is 4.90 Å². The fourth-order valence-electron chi connectivity index (χ4n) is 5.30. The van der Waals surface area contributed by atoms with Gasteiger partial charge in [0.05, 0.1) is 11.7 Å². The first-order valence-electron chi connectivity index (χ1n) is 11.9. The second-order valence-corrected chi connectivity index (χ2v) is 9.37. The summed E-state index contributed by atoms with van der Waals surface area (Å²) in [7, 11) is 0. The van der Waals surface area contributed by atoms with Crippen molar-refractivity contribution in [2.75, 3.05) is 26.2 Å². The molecule has 4 rings (SSSR count). The van der Waals surface area contributed by atoms with Gasteiger partial charge in [-0.15, -0.1) is 0 Å². The Labute approximate surface area is 191 Å². The number of pyridine rings is 1. The van der Waals surface area contributed by atoms with Crippen LogP contribution in [0.15, 0.2) is 36.5 Å². The lowest BCUT2D eigenvalue weighted by molar-refractivity contribution is -0.138. The van der Waals surface area contributed by atoms with Crippen LogP contribution in [0.5, 0.6) is 0 Å². The van der Waals surface area contributed by atoms with Gasteiger partial charge in [-0.1, -0.05) is 50.4 Å². The summed E-state index contributed by atoms with van der Waals surface area (Å²) in [5, 5.41) is 0.796. The van der Waals surface area contributed by atoms with Gasteiger partial charge in [0.15, 0.2) is 0 Å². The highest BCUT2D eigenvalue weighted by Crippen LogP contribution is 2.37. The van der Waals surface area contributed by atoms with E-state index in [4.69, 9.17) is 16.6 Å². The summed E-state index contributed by atoms with van der Waals surface area (Å²) in [5.41, 5.74) is 5.12. The number of carbonyl (C=O) groups is 1. The van der Waals surface area contributed by atoms with Crippen molar-refractivity contribution in [3.63, 3.8) is 0 Å². The van der Waals surface area contributed by atoms with Gasteiger partial charge in [0.1, 0.15) is 0 Å². The van der Waals surface area contributed by atoms with E-state index in [1.165, 1.54) is 16.7 Å². The first kappa shape index (κ1) is 22.3. The van der Waals surface area contributed by atoms with Crippen molar-refractivity contribution in [2.45, 2.75) is 58.4 Å². The minimum absolute atomic E-state index is 0.130. The van der Waals surface area contributed by atoms with Crippen molar-refractivity contribution >= 4 is 17.5 Å². The largest absolute Gasteiger partial charge is 0.340 e. The lowest BCUT2D eigenvalue weighted by Crippen LogP contribution is -2.51. The van der Waals surface area contributed by atoms with E-state index >= 15 is 0 Å². The lowest BCUT2D eigenvalue weighted by atomic mass is 9.95. The van der Waals surface area contributed by atoms with Gasteiger partial charge in [-0.2, -0.15) is 0 Å². The summed E-state index contributed by atoms with van der Waals surface area (Å²) in [6.07, 6.45) is 8.02. The SMILES string of the molecule is CCCC(CCC)C(=O)N1CCN(C2c3ccc(Cl)cc3CCc3cccnc32)CC1. The highest BCUT2D eigenvalue weighted by Gasteiger charge is 2.34. The Hall–Kier alpha value is -1.91. The molecule has 1 aromatic carbocycles. The zero-order chi connectivity index (χ0) is 21.8. The minimum atomic E-state index is 0.130. The van der Waals surface area contributed by atoms with Crippen LogP contribution < -0.4 is 0 Å². The third kappa shape index (κ3) is 4.80. The number of nitrogens with zero attached hydrogens (tertiary/aromatic N) is 3. The summed E-state index contributed by atoms with van der Waals surface area (Å²) in [6, 6.07) is 10.7. The van der Waals surface area contributed by atoms with E-state index in [0.717, 1.165) is 75.4 Å². The van der Waals surface area contributed by atoms with Gasteiger partial charge in [0, 0.05) is 43.3 Å². The number of aryl methyl sites for hydroxylation is 2. The van der Waals surface area contributed by atoms with Crippen LogP contribution in [0, 0.1) is 5.92 Å². The number of fused-ring (bicyclic) bond motifs is 2. The molecular weight excluding hydrogens is 406 g/mol. The molecule has 1 saturated heterocycles. The molecule has 0 radical (unpaired) electrons. The number of piperazine rings is 1. The van der Waals surface area contributed by atoms with Crippen LogP contribution in [-0.2, 0) is 17.6 Å². The fraction of sp³-hybridized carbons (Fsp3) is 0.538. The van der Waals surface area contributed by atoms with Crippen molar-refractivity contribution in [3.8, 4) is 0 Å². The summed E-state index contributed by atoms with van der Waals surface area (Å²) >= 11 is 6.34. The molecule has 1 fully saturated rings. The van der Waals surface area contributed by atoms with E-state index < -0.39 is 0 Å². The maximum atomic E-state index is 13.1. The standard InChI is InChI=1S/C26H34ClN3O/c1-3-6-20(7-4-2)26(31)30-16-14-29(15-17-30)25-23-12-11-22(27)18-21(23)10-9-19-8-5-13-28-24(19)25/h5,8,11-13,18,20,25H,3-4,6-7,9-10,14-17H2,1-2H3. The molecule has 1 amide bonds. The van der Waals surface area contributed by atoms with Crippen LogP contribution in [-0.4, -0.2) is 46.9 Å². The Morgan fingerprint density at radius 2 is 1.77 bits per heavy atom. The Morgan fingerprint density at radius 3 is 2.48 bits per heavy atom. The molecule has 31 heavy (non-hydrogen) atoms. The summed E-state index contributed by atoms with van der Waals surface area (Å²) in [4.78, 5) is 22.6. The molecule has 4 nitrogen and oxygen atoms in total. The predicted molar refractivity (Wildman–Crippen MR) is 126 cm³/mol. The minimum Gasteiger partial charge on any atom is -0.340 e. The second kappa shape index (κ2) is 10.1. The number of carbonyl (C=O) groups excluding carboxylic acids is 1. The monoisotopic (exact) mass is 439 g/mol. The fourth-order valence-corrected chi connectivity index (χ4v) is 5.49. The van der Waals surface area contributed by atoms with Gasteiger partial charge in [0.25, 0.3) is 0 Å². The predicted octanol–water partition coefficient (Wildman–Crippen LogP) is 5.28. The molecule has 0 bridgehead atoms. The molecule has 1 aromatic heterocycles. The summed E-state index contributed by atoms with van der Waals surface area (Å²) in [6.45, 7) is 7.69. The zero-order valence-electron chi connectivity index (χ0n) is 18.8. The van der Waals surface area contributed by atoms with Gasteiger partial charge in [-0.3, -0.25) is 14.7 Å². The van der Waals surface area contributed by atoms with Gasteiger partial charge in [0.2, 0.25) is 5.91 Å². The Morgan fingerprint density at radius 1 is 1.06 bits per heavy atom. The van der Waals surface area contributed by atoms with E-state index in [1.54, 1.807) is 0 Å². The molecule has 166 valence electrons. The highest BCUT2D eigenvalue weighted by molar-refractivity contribution is 6.30. The quantitative estimate of drug-likeness (QED) is 0.614. The molecular formula is C26H34ClN3O. The van der Waals surface area contributed by atoms with Crippen LogP contribution >= 0.6 is 11.6 Å². The number of hydrogen-bond acceptors (Lipinski definition) is 3. The lowest BCUT2D eigenvalue weighted by Gasteiger charge is -2.40. The normalized spacial score (nSPS) is 19.1. The van der Waals surface area contributed by atoms with Crippen molar-refractivity contribution in [1.82, 2.24) is 14.8 Å². The maximum Gasteiger partial charge on any atom is 0.225 e. The zero-order valence-corrected chi connectivity index (χ0v) is 19.6. The van der Waals surface area contributed by atoms with Crippen molar-refractivity contribution in [2.24, 2.45) is 5.92 Å². The molecule has 1 aliphatic heterocycles. The highest BCUT2D eigenvalue weighted by atomic mass is 35.5. The number of benzene rings is 1. The number of halogens is 1. The van der Waals surface area contributed by atoms with E-state index in [1.807, 2.05) is 18.3 Å². The number of rotatable bonds is 6. The van der Waals surface area contributed by atoms with Crippen LogP contribution in [0.25, 0.3) is 0 Å². The van der Waals surface area contributed by atoms with Gasteiger partial charge >= 0.3 is 0 Å². The number of aromatic nitrogens is 1.